The molecule has 0 aliphatic carbocycles. The summed E-state index contributed by atoms with van der Waals surface area (Å²) < 4.78 is 6.42. The standard InChI is InChI=1S/C21H21NOSi/c1-14-11-12-18(22-13-14)17-9-5-7-15-16-8-6-10-19(24(2,3)4)21(16)23-20(15)17/h5-13H,1-4H3. The number of rotatable bonds is 2. The van der Waals surface area contributed by atoms with Gasteiger partial charge in [0.1, 0.15) is 11.2 Å². The lowest BCUT2D eigenvalue weighted by molar-refractivity contribution is 0.672. The van der Waals surface area contributed by atoms with Crippen LogP contribution in [0.4, 0.5) is 0 Å². The van der Waals surface area contributed by atoms with Crippen LogP contribution < -0.4 is 5.19 Å². The van der Waals surface area contributed by atoms with Crippen molar-refractivity contribution < 1.29 is 4.42 Å². The van der Waals surface area contributed by atoms with Crippen LogP contribution in [0.1, 0.15) is 5.56 Å². The van der Waals surface area contributed by atoms with Crippen LogP contribution in [0.5, 0.6) is 0 Å². The number of hydrogen-bond donors (Lipinski definition) is 0. The molecule has 0 saturated carbocycles. The smallest absolute Gasteiger partial charge is 0.144 e. The summed E-state index contributed by atoms with van der Waals surface area (Å²) in [6.07, 6.45) is 1.91. The van der Waals surface area contributed by atoms with Crippen LogP contribution in [0.3, 0.4) is 0 Å². The molecule has 0 fully saturated rings. The maximum atomic E-state index is 6.42. The van der Waals surface area contributed by atoms with Crippen molar-refractivity contribution in [2.45, 2.75) is 26.6 Å². The van der Waals surface area contributed by atoms with Crippen LogP contribution in [-0.4, -0.2) is 13.1 Å². The van der Waals surface area contributed by atoms with E-state index in [1.807, 2.05) is 6.20 Å². The summed E-state index contributed by atoms with van der Waals surface area (Å²) in [6.45, 7) is 9.13. The zero-order chi connectivity index (χ0) is 16.9. The molecular weight excluding hydrogens is 310 g/mol. The number of para-hydroxylation sites is 2. The zero-order valence-corrected chi connectivity index (χ0v) is 15.6. The molecule has 0 saturated heterocycles. The van der Waals surface area contributed by atoms with Crippen molar-refractivity contribution in [3.63, 3.8) is 0 Å². The highest BCUT2D eigenvalue weighted by molar-refractivity contribution is 6.90. The fourth-order valence-electron chi connectivity index (χ4n) is 3.24. The predicted octanol–water partition coefficient (Wildman–Crippen LogP) is 5.50. The predicted molar refractivity (Wildman–Crippen MR) is 105 cm³/mol. The van der Waals surface area contributed by atoms with Gasteiger partial charge >= 0.3 is 0 Å². The van der Waals surface area contributed by atoms with E-state index in [0.29, 0.717) is 0 Å². The van der Waals surface area contributed by atoms with E-state index in [9.17, 15) is 0 Å². The molecule has 4 rings (SSSR count). The van der Waals surface area contributed by atoms with Gasteiger partial charge in [-0.25, -0.2) is 0 Å². The third kappa shape index (κ3) is 2.36. The van der Waals surface area contributed by atoms with Gasteiger partial charge in [-0.05, 0) is 29.8 Å². The molecule has 0 atom stereocenters. The van der Waals surface area contributed by atoms with E-state index in [2.05, 4.69) is 80.1 Å². The van der Waals surface area contributed by atoms with Crippen LogP contribution >= 0.6 is 0 Å². The first-order chi connectivity index (χ1) is 11.4. The Morgan fingerprint density at radius 1 is 0.833 bits per heavy atom. The lowest BCUT2D eigenvalue weighted by Gasteiger charge is -2.16. The Morgan fingerprint density at radius 2 is 1.54 bits per heavy atom. The van der Waals surface area contributed by atoms with Gasteiger partial charge in [0, 0.05) is 22.5 Å². The van der Waals surface area contributed by atoms with Crippen LogP contribution in [0.25, 0.3) is 33.2 Å². The van der Waals surface area contributed by atoms with Crippen LogP contribution in [0.15, 0.2) is 59.1 Å². The maximum Gasteiger partial charge on any atom is 0.144 e. The fourth-order valence-corrected chi connectivity index (χ4v) is 4.70. The molecule has 0 unspecified atom stereocenters. The molecule has 0 aliphatic rings. The lowest BCUT2D eigenvalue weighted by Crippen LogP contribution is -2.37. The molecule has 0 amide bonds. The van der Waals surface area contributed by atoms with Gasteiger partial charge in [-0.1, -0.05) is 56.0 Å². The number of benzene rings is 2. The van der Waals surface area contributed by atoms with Crippen LogP contribution in [0, 0.1) is 6.92 Å². The van der Waals surface area contributed by atoms with E-state index in [0.717, 1.165) is 28.0 Å². The molecule has 2 aromatic heterocycles. The number of furan rings is 1. The first-order valence-electron chi connectivity index (χ1n) is 8.33. The van der Waals surface area contributed by atoms with Gasteiger partial charge in [0.25, 0.3) is 0 Å². The zero-order valence-electron chi connectivity index (χ0n) is 14.6. The molecule has 0 aliphatic heterocycles. The number of aromatic nitrogens is 1. The van der Waals surface area contributed by atoms with Gasteiger partial charge in [0.2, 0.25) is 0 Å². The molecule has 2 nitrogen and oxygen atoms in total. The van der Waals surface area contributed by atoms with E-state index >= 15 is 0 Å². The Kier molecular flexibility index (Phi) is 3.36. The van der Waals surface area contributed by atoms with Gasteiger partial charge in [0.05, 0.1) is 13.8 Å². The van der Waals surface area contributed by atoms with Gasteiger partial charge in [-0.15, -0.1) is 0 Å². The Hall–Kier alpha value is -2.39. The Bertz CT molecular complexity index is 1040. The highest BCUT2D eigenvalue weighted by Gasteiger charge is 2.23. The SMILES string of the molecule is Cc1ccc(-c2cccc3c2oc2c([Si](C)(C)C)cccc23)nc1. The number of pyridine rings is 1. The van der Waals surface area contributed by atoms with E-state index < -0.39 is 8.07 Å². The lowest BCUT2D eigenvalue weighted by atomic mass is 10.1. The number of fused-ring (bicyclic) bond motifs is 3. The largest absolute Gasteiger partial charge is 0.455 e. The van der Waals surface area contributed by atoms with E-state index in [1.165, 1.54) is 16.0 Å². The van der Waals surface area contributed by atoms with Crippen LogP contribution in [-0.2, 0) is 0 Å². The van der Waals surface area contributed by atoms with Gasteiger partial charge in [-0.2, -0.15) is 0 Å². The van der Waals surface area contributed by atoms with E-state index in [4.69, 9.17) is 4.42 Å². The normalized spacial score (nSPS) is 12.2. The van der Waals surface area contributed by atoms with Gasteiger partial charge < -0.3 is 4.42 Å². The van der Waals surface area contributed by atoms with Crippen molar-refractivity contribution in [3.05, 3.63) is 60.3 Å². The van der Waals surface area contributed by atoms with Crippen molar-refractivity contribution in [1.29, 1.82) is 0 Å². The molecule has 2 aromatic carbocycles. The molecule has 0 N–H and O–H groups in total. The van der Waals surface area contributed by atoms with E-state index in [1.54, 1.807) is 0 Å². The molecule has 120 valence electrons. The van der Waals surface area contributed by atoms with Crippen LogP contribution in [0.2, 0.25) is 19.6 Å². The average molecular weight is 331 g/mol. The third-order valence-corrected chi connectivity index (χ3v) is 6.53. The summed E-state index contributed by atoms with van der Waals surface area (Å²) in [5.41, 5.74) is 5.17. The summed E-state index contributed by atoms with van der Waals surface area (Å²) in [7, 11) is -1.47. The minimum atomic E-state index is -1.47. The molecule has 4 aromatic rings. The average Bonchev–Trinajstić information content (AvgIpc) is 2.93. The molecule has 2 heterocycles. The third-order valence-electron chi connectivity index (χ3n) is 4.52. The number of nitrogens with zero attached hydrogens (tertiary/aromatic N) is 1. The summed E-state index contributed by atoms with van der Waals surface area (Å²) >= 11 is 0. The number of aryl methyl sites for hydroxylation is 1. The summed E-state index contributed by atoms with van der Waals surface area (Å²) in [4.78, 5) is 4.59. The highest BCUT2D eigenvalue weighted by Crippen LogP contribution is 2.35. The van der Waals surface area contributed by atoms with Crippen molar-refractivity contribution in [1.82, 2.24) is 4.98 Å². The molecule has 3 heteroatoms. The quantitative estimate of drug-likeness (QED) is 0.453. The summed E-state index contributed by atoms with van der Waals surface area (Å²) in [5.74, 6) is 0. The number of hydrogen-bond acceptors (Lipinski definition) is 2. The topological polar surface area (TPSA) is 26.0 Å². The second-order valence-electron chi connectivity index (χ2n) is 7.44. The van der Waals surface area contributed by atoms with E-state index in [-0.39, 0.29) is 0 Å². The van der Waals surface area contributed by atoms with Crippen molar-refractivity contribution in [2.24, 2.45) is 0 Å². The molecule has 0 spiro atoms. The Balaban J connectivity index is 2.06. The van der Waals surface area contributed by atoms with Gasteiger partial charge in [0.15, 0.2) is 0 Å². The molecule has 24 heavy (non-hydrogen) atoms. The van der Waals surface area contributed by atoms with Gasteiger partial charge in [-0.3, -0.25) is 4.98 Å². The molecule has 0 radical (unpaired) electrons. The first-order valence-corrected chi connectivity index (χ1v) is 11.8. The van der Waals surface area contributed by atoms with Crippen molar-refractivity contribution in [2.75, 3.05) is 0 Å². The Morgan fingerprint density at radius 3 is 2.21 bits per heavy atom. The Labute approximate surface area is 143 Å². The monoisotopic (exact) mass is 331 g/mol. The molecule has 0 bridgehead atoms. The minimum Gasteiger partial charge on any atom is -0.455 e. The fraction of sp³-hybridized carbons (Fsp3) is 0.190. The maximum absolute atomic E-state index is 6.42. The van der Waals surface area contributed by atoms with Crippen molar-refractivity contribution in [3.8, 4) is 11.3 Å². The summed E-state index contributed by atoms with van der Waals surface area (Å²) in [6, 6.07) is 17.0. The first kappa shape index (κ1) is 15.2. The molecular formula is C21H21NOSi. The van der Waals surface area contributed by atoms with Crippen molar-refractivity contribution >= 4 is 35.2 Å². The summed E-state index contributed by atoms with van der Waals surface area (Å²) in [5, 5.41) is 3.75. The highest BCUT2D eigenvalue weighted by atomic mass is 28.3. The second-order valence-corrected chi connectivity index (χ2v) is 12.5. The second kappa shape index (κ2) is 5.31. The minimum absolute atomic E-state index is 0.939.